The van der Waals surface area contributed by atoms with Crippen molar-refractivity contribution in [3.63, 3.8) is 0 Å². The molecule has 0 saturated carbocycles. The molecule has 1 aromatic heterocycles. The zero-order valence-corrected chi connectivity index (χ0v) is 11.3. The Bertz CT molecular complexity index is 354. The summed E-state index contributed by atoms with van der Waals surface area (Å²) < 4.78 is 5.39. The van der Waals surface area contributed by atoms with Crippen molar-refractivity contribution in [2.75, 3.05) is 32.6 Å². The Balaban J connectivity index is 2.69. The summed E-state index contributed by atoms with van der Waals surface area (Å²) in [5.74, 6) is 1.25. The van der Waals surface area contributed by atoms with Crippen molar-refractivity contribution >= 4 is 5.95 Å². The molecular weight excluding hydrogens is 216 g/mol. The first-order chi connectivity index (χ1) is 8.01. The van der Waals surface area contributed by atoms with E-state index in [1.165, 1.54) is 0 Å². The number of likely N-dealkylation sites (N-methyl/N-ethyl adjacent to an activating group) is 1. The van der Waals surface area contributed by atoms with Crippen molar-refractivity contribution < 1.29 is 4.74 Å². The van der Waals surface area contributed by atoms with Crippen LogP contribution in [0.4, 0.5) is 5.95 Å². The molecule has 0 amide bonds. The number of hydrogen-bond acceptors (Lipinski definition) is 5. The highest BCUT2D eigenvalue weighted by Crippen LogP contribution is 2.12. The van der Waals surface area contributed by atoms with Crippen LogP contribution in [0.1, 0.15) is 19.5 Å². The van der Waals surface area contributed by atoms with E-state index in [9.17, 15) is 0 Å². The molecule has 1 unspecified atom stereocenters. The molecule has 0 aliphatic carbocycles. The van der Waals surface area contributed by atoms with Gasteiger partial charge in [-0.15, -0.1) is 0 Å². The molecule has 0 fully saturated rings. The minimum Gasteiger partial charge on any atom is -0.478 e. The van der Waals surface area contributed by atoms with Crippen LogP contribution in [0.3, 0.4) is 0 Å². The Morgan fingerprint density at radius 1 is 1.41 bits per heavy atom. The lowest BCUT2D eigenvalue weighted by molar-refractivity contribution is 0.326. The maximum atomic E-state index is 5.39. The van der Waals surface area contributed by atoms with Gasteiger partial charge in [0.15, 0.2) is 0 Å². The third-order valence-corrected chi connectivity index (χ3v) is 2.14. The average Bonchev–Trinajstić information content (AvgIpc) is 2.14. The number of anilines is 1. The van der Waals surface area contributed by atoms with Gasteiger partial charge in [0.1, 0.15) is 0 Å². The molecule has 5 nitrogen and oxygen atoms in total. The van der Waals surface area contributed by atoms with E-state index >= 15 is 0 Å². The van der Waals surface area contributed by atoms with E-state index in [0.29, 0.717) is 24.5 Å². The van der Waals surface area contributed by atoms with Crippen LogP contribution in [-0.4, -0.2) is 48.2 Å². The van der Waals surface area contributed by atoms with E-state index in [2.05, 4.69) is 27.1 Å². The van der Waals surface area contributed by atoms with E-state index in [1.807, 2.05) is 34.0 Å². The molecule has 1 aromatic rings. The highest BCUT2D eigenvalue weighted by Gasteiger charge is 2.07. The molecule has 0 radical (unpaired) electrons. The minimum atomic E-state index is 0.293. The molecule has 0 spiro atoms. The molecule has 0 aromatic carbocycles. The van der Waals surface area contributed by atoms with Crippen molar-refractivity contribution in [3.05, 3.63) is 11.8 Å². The van der Waals surface area contributed by atoms with Crippen molar-refractivity contribution in [1.29, 1.82) is 0 Å². The first kappa shape index (κ1) is 13.7. The van der Waals surface area contributed by atoms with E-state index in [4.69, 9.17) is 4.74 Å². The third-order valence-electron chi connectivity index (χ3n) is 2.14. The van der Waals surface area contributed by atoms with Gasteiger partial charge in [-0.05, 0) is 34.9 Å². The van der Waals surface area contributed by atoms with Gasteiger partial charge in [-0.25, -0.2) is 4.98 Å². The van der Waals surface area contributed by atoms with Crippen molar-refractivity contribution in [2.24, 2.45) is 0 Å². The lowest BCUT2D eigenvalue weighted by atomic mass is 10.3. The Morgan fingerprint density at radius 2 is 2.12 bits per heavy atom. The first-order valence-electron chi connectivity index (χ1n) is 5.91. The molecule has 5 heteroatoms. The predicted molar refractivity (Wildman–Crippen MR) is 69.6 cm³/mol. The largest absolute Gasteiger partial charge is 0.478 e. The summed E-state index contributed by atoms with van der Waals surface area (Å²) in [4.78, 5) is 10.8. The summed E-state index contributed by atoms with van der Waals surface area (Å²) in [6, 6.07) is 2.13. The van der Waals surface area contributed by atoms with E-state index in [-0.39, 0.29) is 0 Å². The van der Waals surface area contributed by atoms with Gasteiger partial charge in [0.2, 0.25) is 11.8 Å². The summed E-state index contributed by atoms with van der Waals surface area (Å²) in [6.07, 6.45) is 0. The Hall–Kier alpha value is -1.36. The number of hydrogen-bond donors (Lipinski definition) is 1. The normalized spacial score (nSPS) is 12.6. The molecule has 1 heterocycles. The van der Waals surface area contributed by atoms with Gasteiger partial charge < -0.3 is 15.0 Å². The molecular formula is C12H22N4O. The van der Waals surface area contributed by atoms with Gasteiger partial charge in [0.25, 0.3) is 0 Å². The van der Waals surface area contributed by atoms with Crippen LogP contribution >= 0.6 is 0 Å². The van der Waals surface area contributed by atoms with Crippen molar-refractivity contribution in [1.82, 2.24) is 14.9 Å². The zero-order valence-electron chi connectivity index (χ0n) is 11.3. The highest BCUT2D eigenvalue weighted by molar-refractivity contribution is 5.31. The van der Waals surface area contributed by atoms with E-state index < -0.39 is 0 Å². The summed E-state index contributed by atoms with van der Waals surface area (Å²) in [5.41, 5.74) is 0.906. The summed E-state index contributed by atoms with van der Waals surface area (Å²) in [5, 5.41) is 3.27. The Morgan fingerprint density at radius 3 is 2.71 bits per heavy atom. The van der Waals surface area contributed by atoms with Gasteiger partial charge in [-0.1, -0.05) is 0 Å². The molecule has 17 heavy (non-hydrogen) atoms. The Labute approximate surface area is 103 Å². The van der Waals surface area contributed by atoms with Gasteiger partial charge in [-0.3, -0.25) is 0 Å². The lowest BCUT2D eigenvalue weighted by Crippen LogP contribution is -2.30. The number of aryl methyl sites for hydroxylation is 1. The number of nitrogens with zero attached hydrogens (tertiary/aromatic N) is 3. The molecule has 1 N–H and O–H groups in total. The number of rotatable bonds is 6. The maximum absolute atomic E-state index is 5.39. The number of aromatic nitrogens is 2. The van der Waals surface area contributed by atoms with Crippen LogP contribution in [0.2, 0.25) is 0 Å². The second-order valence-corrected chi connectivity index (χ2v) is 4.41. The third kappa shape index (κ3) is 4.99. The zero-order chi connectivity index (χ0) is 12.8. The summed E-state index contributed by atoms with van der Waals surface area (Å²) in [7, 11) is 4.09. The number of ether oxygens (including phenoxy) is 1. The molecule has 0 bridgehead atoms. The van der Waals surface area contributed by atoms with Crippen molar-refractivity contribution in [3.8, 4) is 5.88 Å². The fourth-order valence-electron chi connectivity index (χ4n) is 1.64. The van der Waals surface area contributed by atoms with Crippen LogP contribution in [-0.2, 0) is 0 Å². The second-order valence-electron chi connectivity index (χ2n) is 4.41. The molecule has 0 aliphatic heterocycles. The quantitative estimate of drug-likeness (QED) is 0.815. The van der Waals surface area contributed by atoms with Gasteiger partial charge in [0.05, 0.1) is 6.61 Å². The standard InChI is InChI=1S/C12H22N4O/c1-6-17-11-7-9(2)13-12(15-11)14-10(3)8-16(4)5/h7,10H,6,8H2,1-5H3,(H,13,14,15). The summed E-state index contributed by atoms with van der Waals surface area (Å²) >= 11 is 0. The fraction of sp³-hybridized carbons (Fsp3) is 0.667. The van der Waals surface area contributed by atoms with E-state index in [0.717, 1.165) is 12.2 Å². The van der Waals surface area contributed by atoms with Gasteiger partial charge in [-0.2, -0.15) is 4.98 Å². The average molecular weight is 238 g/mol. The first-order valence-corrected chi connectivity index (χ1v) is 5.91. The maximum Gasteiger partial charge on any atom is 0.226 e. The van der Waals surface area contributed by atoms with Crippen LogP contribution < -0.4 is 10.1 Å². The fourth-order valence-corrected chi connectivity index (χ4v) is 1.64. The molecule has 0 saturated heterocycles. The van der Waals surface area contributed by atoms with Crippen LogP contribution in [0.5, 0.6) is 5.88 Å². The van der Waals surface area contributed by atoms with E-state index in [1.54, 1.807) is 0 Å². The van der Waals surface area contributed by atoms with Gasteiger partial charge in [0, 0.05) is 24.3 Å². The molecule has 1 atom stereocenters. The molecule has 1 rings (SSSR count). The molecule has 96 valence electrons. The van der Waals surface area contributed by atoms with Crippen LogP contribution in [0.25, 0.3) is 0 Å². The van der Waals surface area contributed by atoms with Gasteiger partial charge >= 0.3 is 0 Å². The summed E-state index contributed by atoms with van der Waals surface area (Å²) in [6.45, 7) is 7.53. The smallest absolute Gasteiger partial charge is 0.226 e. The number of nitrogens with one attached hydrogen (secondary N) is 1. The van der Waals surface area contributed by atoms with Crippen LogP contribution in [0.15, 0.2) is 6.07 Å². The minimum absolute atomic E-state index is 0.293. The molecule has 0 aliphatic rings. The SMILES string of the molecule is CCOc1cc(C)nc(NC(C)CN(C)C)n1. The lowest BCUT2D eigenvalue weighted by Gasteiger charge is -2.18. The highest BCUT2D eigenvalue weighted by atomic mass is 16.5. The second kappa shape index (κ2) is 6.39. The Kier molecular flexibility index (Phi) is 5.15. The monoisotopic (exact) mass is 238 g/mol. The van der Waals surface area contributed by atoms with Crippen molar-refractivity contribution in [2.45, 2.75) is 26.8 Å². The van der Waals surface area contributed by atoms with Crippen LogP contribution in [0, 0.1) is 6.92 Å². The topological polar surface area (TPSA) is 50.3 Å². The predicted octanol–water partition coefficient (Wildman–Crippen LogP) is 1.55.